The molecular formula is C23H20ClF3N2O4. The molecule has 0 aliphatic carbocycles. The molecule has 2 aromatic carbocycles. The van der Waals surface area contributed by atoms with Gasteiger partial charge in [-0.2, -0.15) is 13.2 Å². The summed E-state index contributed by atoms with van der Waals surface area (Å²) in [6.07, 6.45) is -3.22. The Morgan fingerprint density at radius 2 is 1.88 bits per heavy atom. The predicted molar refractivity (Wildman–Crippen MR) is 118 cm³/mol. The first-order valence-corrected chi connectivity index (χ1v) is 10.3. The van der Waals surface area contributed by atoms with Gasteiger partial charge in [-0.1, -0.05) is 11.6 Å². The minimum absolute atomic E-state index is 0.0408. The minimum atomic E-state index is -4.75. The maximum Gasteiger partial charge on any atom is 0.418 e. The van der Waals surface area contributed by atoms with E-state index in [0.29, 0.717) is 17.2 Å². The van der Waals surface area contributed by atoms with Crippen molar-refractivity contribution in [2.75, 3.05) is 17.2 Å². The van der Waals surface area contributed by atoms with E-state index >= 15 is 0 Å². The zero-order chi connectivity index (χ0) is 24.0. The summed E-state index contributed by atoms with van der Waals surface area (Å²) in [5.41, 5.74) is -0.742. The fraction of sp³-hybridized carbons (Fsp3) is 0.217. The van der Waals surface area contributed by atoms with Crippen molar-refractivity contribution in [3.63, 3.8) is 0 Å². The van der Waals surface area contributed by atoms with E-state index in [1.54, 1.807) is 18.2 Å². The van der Waals surface area contributed by atoms with Crippen molar-refractivity contribution >= 4 is 34.8 Å². The summed E-state index contributed by atoms with van der Waals surface area (Å²) in [4.78, 5) is 24.2. The lowest BCUT2D eigenvalue weighted by Gasteiger charge is -2.16. The molecule has 1 heterocycles. The number of aryl methyl sites for hydroxylation is 1. The van der Waals surface area contributed by atoms with Crippen molar-refractivity contribution in [1.29, 1.82) is 0 Å². The van der Waals surface area contributed by atoms with Crippen molar-refractivity contribution in [3.8, 4) is 5.75 Å². The summed E-state index contributed by atoms with van der Waals surface area (Å²) in [6, 6.07) is 11.1. The molecule has 6 nitrogen and oxygen atoms in total. The molecule has 0 aliphatic rings. The molecule has 0 fully saturated rings. The van der Waals surface area contributed by atoms with E-state index in [9.17, 15) is 22.8 Å². The Morgan fingerprint density at radius 1 is 1.09 bits per heavy atom. The molecule has 2 N–H and O–H groups in total. The van der Waals surface area contributed by atoms with Crippen molar-refractivity contribution < 1.29 is 31.9 Å². The molecule has 0 aliphatic heterocycles. The third-order valence-corrected chi connectivity index (χ3v) is 4.78. The SMILES string of the molecule is Cc1cc(Cl)ccc1OCCCC(=O)Nc1ccc(NC(=O)c2ccco2)cc1C(F)(F)F. The number of alkyl halides is 3. The Hall–Kier alpha value is -3.46. The van der Waals surface area contributed by atoms with Crippen LogP contribution in [0, 0.1) is 6.92 Å². The van der Waals surface area contributed by atoms with Gasteiger partial charge in [-0.3, -0.25) is 9.59 Å². The van der Waals surface area contributed by atoms with Gasteiger partial charge in [0.2, 0.25) is 5.91 Å². The number of benzene rings is 2. The van der Waals surface area contributed by atoms with Crippen molar-refractivity contribution in [2.45, 2.75) is 25.9 Å². The number of amides is 2. The molecule has 1 aromatic heterocycles. The van der Waals surface area contributed by atoms with Gasteiger partial charge in [0.1, 0.15) is 5.75 Å². The van der Waals surface area contributed by atoms with Gasteiger partial charge in [-0.05, 0) is 67.4 Å². The Balaban J connectivity index is 1.59. The highest BCUT2D eigenvalue weighted by molar-refractivity contribution is 6.30. The number of furan rings is 1. The highest BCUT2D eigenvalue weighted by atomic mass is 35.5. The van der Waals surface area contributed by atoms with Crippen LogP contribution >= 0.6 is 11.6 Å². The maximum atomic E-state index is 13.5. The van der Waals surface area contributed by atoms with Gasteiger partial charge in [0.25, 0.3) is 5.91 Å². The van der Waals surface area contributed by atoms with Gasteiger partial charge in [0, 0.05) is 17.1 Å². The van der Waals surface area contributed by atoms with Crippen LogP contribution in [0.4, 0.5) is 24.5 Å². The van der Waals surface area contributed by atoms with Crippen LogP contribution in [0.2, 0.25) is 5.02 Å². The predicted octanol–water partition coefficient (Wildman–Crippen LogP) is 6.31. The van der Waals surface area contributed by atoms with E-state index in [1.165, 1.54) is 24.5 Å². The van der Waals surface area contributed by atoms with Crippen LogP contribution in [0.1, 0.15) is 34.5 Å². The first-order valence-electron chi connectivity index (χ1n) is 9.88. The monoisotopic (exact) mass is 480 g/mol. The zero-order valence-electron chi connectivity index (χ0n) is 17.5. The zero-order valence-corrected chi connectivity index (χ0v) is 18.2. The van der Waals surface area contributed by atoms with Crippen LogP contribution in [0.3, 0.4) is 0 Å². The molecule has 0 saturated carbocycles. The Kier molecular flexibility index (Phi) is 7.65. The normalized spacial score (nSPS) is 11.2. The number of carbonyl (C=O) groups excluding carboxylic acids is 2. The van der Waals surface area contributed by atoms with E-state index in [4.69, 9.17) is 20.8 Å². The molecule has 0 unspecified atom stereocenters. The van der Waals surface area contributed by atoms with Crippen LogP contribution in [-0.4, -0.2) is 18.4 Å². The van der Waals surface area contributed by atoms with Crippen LogP contribution < -0.4 is 15.4 Å². The standard InChI is InChI=1S/C23H20ClF3N2O4/c1-14-12-15(24)6-9-19(14)32-11-3-5-21(30)29-18-8-7-16(13-17(18)23(25,26)27)28-22(31)20-4-2-10-33-20/h2,4,6-10,12-13H,3,5,11H2,1H3,(H,28,31)(H,29,30). The van der Waals surface area contributed by atoms with E-state index in [-0.39, 0.29) is 24.5 Å². The highest BCUT2D eigenvalue weighted by Crippen LogP contribution is 2.37. The van der Waals surface area contributed by atoms with E-state index in [1.807, 2.05) is 6.92 Å². The Labute approximate surface area is 192 Å². The third kappa shape index (κ3) is 6.76. The molecule has 0 atom stereocenters. The quantitative estimate of drug-likeness (QED) is 0.370. The number of nitrogens with one attached hydrogen (secondary N) is 2. The molecule has 0 saturated heterocycles. The summed E-state index contributed by atoms with van der Waals surface area (Å²) in [5.74, 6) is -0.714. The second-order valence-electron chi connectivity index (χ2n) is 7.10. The second kappa shape index (κ2) is 10.4. The topological polar surface area (TPSA) is 80.6 Å². The van der Waals surface area contributed by atoms with Crippen molar-refractivity contribution in [1.82, 2.24) is 0 Å². The lowest BCUT2D eigenvalue weighted by Crippen LogP contribution is -2.18. The summed E-state index contributed by atoms with van der Waals surface area (Å²) in [6.45, 7) is 2.03. The van der Waals surface area contributed by atoms with Gasteiger partial charge in [0.15, 0.2) is 5.76 Å². The summed E-state index contributed by atoms with van der Waals surface area (Å²) < 4.78 is 51.1. The van der Waals surface area contributed by atoms with Gasteiger partial charge in [0.05, 0.1) is 24.1 Å². The van der Waals surface area contributed by atoms with Crippen LogP contribution in [0.25, 0.3) is 0 Å². The van der Waals surface area contributed by atoms with Crippen molar-refractivity contribution in [3.05, 3.63) is 76.7 Å². The number of rotatable bonds is 8. The van der Waals surface area contributed by atoms with Crippen LogP contribution in [0.15, 0.2) is 59.2 Å². The smallest absolute Gasteiger partial charge is 0.418 e. The molecule has 3 rings (SSSR count). The first kappa shape index (κ1) is 24.2. The van der Waals surface area contributed by atoms with Gasteiger partial charge < -0.3 is 19.8 Å². The molecule has 3 aromatic rings. The molecular weight excluding hydrogens is 461 g/mol. The molecule has 0 bridgehead atoms. The molecule has 0 spiro atoms. The average molecular weight is 481 g/mol. The molecule has 33 heavy (non-hydrogen) atoms. The summed E-state index contributed by atoms with van der Waals surface area (Å²) >= 11 is 5.89. The second-order valence-corrected chi connectivity index (χ2v) is 7.54. The highest BCUT2D eigenvalue weighted by Gasteiger charge is 2.34. The lowest BCUT2D eigenvalue weighted by atomic mass is 10.1. The Morgan fingerprint density at radius 3 is 2.55 bits per heavy atom. The number of halogens is 4. The maximum absolute atomic E-state index is 13.5. The molecule has 174 valence electrons. The number of anilines is 2. The fourth-order valence-corrected chi connectivity index (χ4v) is 3.19. The number of ether oxygens (including phenoxy) is 1. The number of carbonyl (C=O) groups is 2. The van der Waals surface area contributed by atoms with E-state index in [2.05, 4.69) is 10.6 Å². The molecule has 2 amide bonds. The lowest BCUT2D eigenvalue weighted by molar-refractivity contribution is -0.136. The van der Waals surface area contributed by atoms with Gasteiger partial charge in [-0.25, -0.2) is 0 Å². The van der Waals surface area contributed by atoms with E-state index in [0.717, 1.165) is 17.7 Å². The van der Waals surface area contributed by atoms with Gasteiger partial charge >= 0.3 is 6.18 Å². The van der Waals surface area contributed by atoms with Crippen LogP contribution in [-0.2, 0) is 11.0 Å². The average Bonchev–Trinajstić information content (AvgIpc) is 3.28. The number of hydrogen-bond donors (Lipinski definition) is 2. The summed E-state index contributed by atoms with van der Waals surface area (Å²) in [7, 11) is 0. The third-order valence-electron chi connectivity index (χ3n) is 4.54. The Bertz CT molecular complexity index is 1130. The van der Waals surface area contributed by atoms with E-state index < -0.39 is 29.2 Å². The minimum Gasteiger partial charge on any atom is -0.493 e. The van der Waals surface area contributed by atoms with Crippen LogP contribution in [0.5, 0.6) is 5.75 Å². The first-order chi connectivity index (χ1) is 15.6. The molecule has 10 heteroatoms. The van der Waals surface area contributed by atoms with Gasteiger partial charge in [-0.15, -0.1) is 0 Å². The largest absolute Gasteiger partial charge is 0.493 e. The molecule has 0 radical (unpaired) electrons. The number of hydrogen-bond acceptors (Lipinski definition) is 4. The van der Waals surface area contributed by atoms with Crippen molar-refractivity contribution in [2.24, 2.45) is 0 Å². The summed E-state index contributed by atoms with van der Waals surface area (Å²) in [5, 5.41) is 5.19. The fourth-order valence-electron chi connectivity index (χ4n) is 2.97.